The number of carbonyl (C=O) groups is 2. The first kappa shape index (κ1) is 20.6. The van der Waals surface area contributed by atoms with Crippen LogP contribution in [0.4, 0.5) is 4.79 Å². The maximum Gasteiger partial charge on any atom is 1.00 e. The number of carbonyl (C=O) groups excluding carboxylic acids is 2. The van der Waals surface area contributed by atoms with Crippen molar-refractivity contribution in [3.63, 3.8) is 0 Å². The van der Waals surface area contributed by atoms with Gasteiger partial charge in [0, 0.05) is 17.4 Å². The molecule has 3 atom stereocenters. The number of unbranched alkanes of at least 4 members (excludes halogenated alkanes) is 1. The van der Waals surface area contributed by atoms with Crippen LogP contribution in [-0.2, 0) is 4.79 Å². The van der Waals surface area contributed by atoms with Crippen molar-refractivity contribution in [1.29, 1.82) is 5.26 Å². The zero-order valence-electron chi connectivity index (χ0n) is 11.5. The molecule has 0 aromatic heterocycles. The molecule has 21 heavy (non-hydrogen) atoms. The number of hydrazine groups is 1. The molecule has 7 nitrogen and oxygen atoms in total. The average molecular weight is 321 g/mol. The van der Waals surface area contributed by atoms with Crippen LogP contribution in [0, 0.1) is 11.2 Å². The third kappa shape index (κ3) is 6.93. The van der Waals surface area contributed by atoms with Gasteiger partial charge in [0.1, 0.15) is 0 Å². The van der Waals surface area contributed by atoms with E-state index in [9.17, 15) is 9.59 Å². The van der Waals surface area contributed by atoms with Crippen LogP contribution in [0.15, 0.2) is 0 Å². The summed E-state index contributed by atoms with van der Waals surface area (Å²) in [5.41, 5.74) is 2.13. The molecule has 0 radical (unpaired) electrons. The first-order valence-corrected chi connectivity index (χ1v) is 7.16. The second-order valence-corrected chi connectivity index (χ2v) is 5.71. The first-order valence-electron chi connectivity index (χ1n) is 6.11. The monoisotopic (exact) mass is 321 g/mol. The standard InChI is InChI=1S/C10H18N4O2S.CH3BN.Na/c11-14-8(15)4-2-1-3-7-9-6(5-17-7)12-10(16)13-9;2-1-3;/h6-7,9H,1-5,11H2,(H,14,15)(H2,12,13,16);2H3;/q;-1;+1/t6-,7-,9-;;/m0../s1. The molecule has 2 aliphatic rings. The zero-order valence-corrected chi connectivity index (χ0v) is 14.3. The van der Waals surface area contributed by atoms with Crippen molar-refractivity contribution in [2.24, 2.45) is 5.84 Å². The maximum atomic E-state index is 11.2. The molecule has 112 valence electrons. The van der Waals surface area contributed by atoms with Crippen LogP contribution < -0.4 is 51.5 Å². The summed E-state index contributed by atoms with van der Waals surface area (Å²) in [5, 5.41) is 13.8. The van der Waals surface area contributed by atoms with Gasteiger partial charge < -0.3 is 10.6 Å². The van der Waals surface area contributed by atoms with Crippen LogP contribution in [0.3, 0.4) is 0 Å². The van der Waals surface area contributed by atoms with Gasteiger partial charge in [0.2, 0.25) is 5.91 Å². The number of amides is 3. The minimum atomic E-state index is -0.113. The van der Waals surface area contributed by atoms with Gasteiger partial charge in [-0.3, -0.25) is 15.5 Å². The molecule has 0 unspecified atom stereocenters. The number of urea groups is 1. The van der Waals surface area contributed by atoms with Gasteiger partial charge in [0.05, 0.1) is 19.9 Å². The molecule has 0 bridgehead atoms. The van der Waals surface area contributed by atoms with Crippen molar-refractivity contribution in [2.45, 2.75) is 43.0 Å². The summed E-state index contributed by atoms with van der Waals surface area (Å²) in [7, 11) is 0.0694. The summed E-state index contributed by atoms with van der Waals surface area (Å²) in [6, 6.07) is 0.494. The third-order valence-corrected chi connectivity index (χ3v) is 4.75. The zero-order chi connectivity index (χ0) is 15.0. The summed E-state index contributed by atoms with van der Waals surface area (Å²) in [6.07, 6.45) is 3.35. The fourth-order valence-corrected chi connectivity index (χ4v) is 3.89. The van der Waals surface area contributed by atoms with Gasteiger partial charge in [-0.05, 0) is 12.8 Å². The van der Waals surface area contributed by atoms with Crippen molar-refractivity contribution in [2.75, 3.05) is 5.75 Å². The second kappa shape index (κ2) is 11.2. The van der Waals surface area contributed by atoms with Gasteiger partial charge >= 0.3 is 35.6 Å². The van der Waals surface area contributed by atoms with Crippen molar-refractivity contribution >= 4 is 31.5 Å². The molecular weight excluding hydrogens is 300 g/mol. The Balaban J connectivity index is 0.000000922. The van der Waals surface area contributed by atoms with Gasteiger partial charge in [0.15, 0.2) is 0 Å². The van der Waals surface area contributed by atoms with Crippen molar-refractivity contribution in [3.05, 3.63) is 0 Å². The van der Waals surface area contributed by atoms with Crippen LogP contribution >= 0.6 is 11.8 Å². The second-order valence-electron chi connectivity index (χ2n) is 4.44. The number of nitriles is 1. The molecule has 0 aromatic rings. The molecule has 2 heterocycles. The average Bonchev–Trinajstić information content (AvgIpc) is 2.95. The summed E-state index contributed by atoms with van der Waals surface area (Å²) < 4.78 is 0. The Morgan fingerprint density at radius 1 is 1.52 bits per heavy atom. The van der Waals surface area contributed by atoms with Crippen LogP contribution in [-0.4, -0.2) is 42.9 Å². The molecule has 2 aliphatic heterocycles. The molecule has 2 saturated heterocycles. The smallest absolute Gasteiger partial charge is 0.332 e. The van der Waals surface area contributed by atoms with Crippen LogP contribution in [0.5, 0.6) is 0 Å². The molecule has 3 amide bonds. The van der Waals surface area contributed by atoms with E-state index < -0.39 is 0 Å². The molecule has 0 aliphatic carbocycles. The number of nitrogens with two attached hydrogens (primary N) is 1. The summed E-state index contributed by atoms with van der Waals surface area (Å²) in [6.45, 7) is 0. The fraction of sp³-hybridized carbons (Fsp3) is 0.727. The summed E-state index contributed by atoms with van der Waals surface area (Å²) in [5.74, 6) is 7.87. The van der Waals surface area contributed by atoms with Crippen molar-refractivity contribution < 1.29 is 39.1 Å². The number of rotatable bonds is 5. The van der Waals surface area contributed by atoms with E-state index in [4.69, 9.17) is 11.1 Å². The Hall–Kier alpha value is -0.395. The number of fused-ring (bicyclic) bond motifs is 1. The molecule has 0 saturated carbocycles. The molecule has 0 spiro atoms. The molecule has 0 aromatic carbocycles. The quantitative estimate of drug-likeness (QED) is 0.102. The number of nitrogens with zero attached hydrogens (tertiary/aromatic N) is 1. The number of nitrogens with one attached hydrogen (secondary N) is 3. The predicted octanol–water partition coefficient (Wildman–Crippen LogP) is -4.46. The molecule has 2 fully saturated rings. The van der Waals surface area contributed by atoms with Crippen LogP contribution in [0.25, 0.3) is 0 Å². The van der Waals surface area contributed by atoms with E-state index in [0.29, 0.717) is 11.7 Å². The largest absolute Gasteiger partial charge is 1.00 e. The Morgan fingerprint density at radius 2 is 2.19 bits per heavy atom. The van der Waals surface area contributed by atoms with Gasteiger partial charge in [-0.15, -0.1) is 0 Å². The van der Waals surface area contributed by atoms with E-state index in [1.807, 2.05) is 17.7 Å². The van der Waals surface area contributed by atoms with Gasteiger partial charge in [0.25, 0.3) is 0 Å². The van der Waals surface area contributed by atoms with E-state index in [-0.39, 0.29) is 61.4 Å². The first-order chi connectivity index (χ1) is 9.62. The number of thioether (sulfide) groups is 1. The Kier molecular flexibility index (Phi) is 11.0. The van der Waals surface area contributed by atoms with Gasteiger partial charge in [-0.25, -0.2) is 10.6 Å². The Labute approximate surface area is 152 Å². The maximum absolute atomic E-state index is 11.2. The summed E-state index contributed by atoms with van der Waals surface area (Å²) >= 11 is 1.90. The van der Waals surface area contributed by atoms with Gasteiger partial charge in [-0.1, -0.05) is 6.42 Å². The Bertz CT molecular complexity index is 395. The SMILES string of the molecule is NNC(=O)CCCC[C@@H]1SC[C@@H]2NC(=O)N[C@@H]21.[BH3-]C#N.[Na+]. The van der Waals surface area contributed by atoms with E-state index in [0.717, 1.165) is 25.0 Å². The molecule has 5 N–H and O–H groups in total. The van der Waals surface area contributed by atoms with Crippen molar-refractivity contribution in [3.8, 4) is 5.97 Å². The van der Waals surface area contributed by atoms with Gasteiger partial charge in [-0.2, -0.15) is 17.7 Å². The van der Waals surface area contributed by atoms with Crippen LogP contribution in [0.1, 0.15) is 25.7 Å². The van der Waals surface area contributed by atoms with Crippen LogP contribution in [0.2, 0.25) is 0 Å². The molecule has 10 heteroatoms. The summed E-state index contributed by atoms with van der Waals surface area (Å²) in [4.78, 5) is 22.1. The molecule has 2 rings (SSSR count). The predicted molar refractivity (Wildman–Crippen MR) is 81.8 cm³/mol. The van der Waals surface area contributed by atoms with Crippen molar-refractivity contribution in [1.82, 2.24) is 16.1 Å². The van der Waals surface area contributed by atoms with E-state index in [1.165, 1.54) is 0 Å². The minimum Gasteiger partial charge on any atom is -0.332 e. The topological polar surface area (TPSA) is 120 Å². The normalized spacial score (nSPS) is 25.2. The molecular formula is C11H21BN5NaO2S. The Morgan fingerprint density at radius 3 is 2.81 bits per heavy atom. The third-order valence-electron chi connectivity index (χ3n) is 3.24. The van der Waals surface area contributed by atoms with E-state index in [1.54, 1.807) is 0 Å². The fourth-order valence-electron chi connectivity index (χ4n) is 2.35. The van der Waals surface area contributed by atoms with E-state index >= 15 is 0 Å². The minimum absolute atomic E-state index is 0. The number of hydrogen-bond donors (Lipinski definition) is 4. The number of hydrogen-bond acceptors (Lipinski definition) is 5. The van der Waals surface area contributed by atoms with E-state index in [2.05, 4.69) is 16.1 Å².